The van der Waals surface area contributed by atoms with Gasteiger partial charge in [-0.1, -0.05) is 17.7 Å². The zero-order valence-electron chi connectivity index (χ0n) is 10.9. The van der Waals surface area contributed by atoms with Gasteiger partial charge in [0.15, 0.2) is 0 Å². The number of carbonyl (C=O) groups is 1. The molecule has 0 spiro atoms. The second kappa shape index (κ2) is 7.17. The standard InChI is InChI=1S/C14H14ClN3OS/c1-20-13-6-5-10(15)8-12(13)18-14(19)17-9-11-4-2-3-7-16-11/h2-8H,9H2,1H3,(H2,17,18,19). The van der Waals surface area contributed by atoms with Crippen LogP contribution in [0.3, 0.4) is 0 Å². The summed E-state index contributed by atoms with van der Waals surface area (Å²) in [6.07, 6.45) is 3.64. The van der Waals surface area contributed by atoms with Crippen molar-refractivity contribution in [3.8, 4) is 0 Å². The molecular formula is C14H14ClN3OS. The number of halogens is 1. The van der Waals surface area contributed by atoms with Gasteiger partial charge in [0.25, 0.3) is 0 Å². The topological polar surface area (TPSA) is 54.0 Å². The summed E-state index contributed by atoms with van der Waals surface area (Å²) in [6, 6.07) is 10.7. The predicted octanol–water partition coefficient (Wildman–Crippen LogP) is 3.78. The molecule has 0 saturated heterocycles. The molecule has 20 heavy (non-hydrogen) atoms. The highest BCUT2D eigenvalue weighted by atomic mass is 35.5. The van der Waals surface area contributed by atoms with Crippen molar-refractivity contribution in [3.05, 3.63) is 53.3 Å². The second-order valence-corrected chi connectivity index (χ2v) is 5.26. The lowest BCUT2D eigenvalue weighted by molar-refractivity contribution is 0.251. The van der Waals surface area contributed by atoms with Crippen LogP contribution in [0, 0.1) is 0 Å². The van der Waals surface area contributed by atoms with Crippen molar-refractivity contribution in [2.24, 2.45) is 0 Å². The highest BCUT2D eigenvalue weighted by Gasteiger charge is 2.07. The Hall–Kier alpha value is -1.72. The number of benzene rings is 1. The van der Waals surface area contributed by atoms with Crippen molar-refractivity contribution in [2.45, 2.75) is 11.4 Å². The Morgan fingerprint density at radius 2 is 2.20 bits per heavy atom. The van der Waals surface area contributed by atoms with Gasteiger partial charge in [-0.15, -0.1) is 11.8 Å². The Balaban J connectivity index is 1.96. The Labute approximate surface area is 126 Å². The first-order chi connectivity index (χ1) is 9.69. The Morgan fingerprint density at radius 1 is 1.35 bits per heavy atom. The molecule has 2 amide bonds. The average Bonchev–Trinajstić information content (AvgIpc) is 2.46. The summed E-state index contributed by atoms with van der Waals surface area (Å²) in [6.45, 7) is 0.377. The highest BCUT2D eigenvalue weighted by molar-refractivity contribution is 7.98. The first kappa shape index (κ1) is 14.7. The summed E-state index contributed by atoms with van der Waals surface area (Å²) in [7, 11) is 0. The fourth-order valence-electron chi connectivity index (χ4n) is 1.62. The van der Waals surface area contributed by atoms with Crippen LogP contribution in [-0.2, 0) is 6.54 Å². The lowest BCUT2D eigenvalue weighted by Crippen LogP contribution is -2.28. The molecule has 104 valence electrons. The lowest BCUT2D eigenvalue weighted by Gasteiger charge is -2.11. The minimum Gasteiger partial charge on any atom is -0.332 e. The van der Waals surface area contributed by atoms with Crippen LogP contribution in [0.5, 0.6) is 0 Å². The number of hydrogen-bond acceptors (Lipinski definition) is 3. The van der Waals surface area contributed by atoms with Crippen molar-refractivity contribution >= 4 is 35.1 Å². The summed E-state index contributed by atoms with van der Waals surface area (Å²) in [4.78, 5) is 17.0. The van der Waals surface area contributed by atoms with Crippen molar-refractivity contribution in [2.75, 3.05) is 11.6 Å². The van der Waals surface area contributed by atoms with Crippen molar-refractivity contribution in [3.63, 3.8) is 0 Å². The van der Waals surface area contributed by atoms with E-state index >= 15 is 0 Å². The zero-order chi connectivity index (χ0) is 14.4. The Kier molecular flexibility index (Phi) is 5.26. The van der Waals surface area contributed by atoms with Crippen LogP contribution in [0.2, 0.25) is 5.02 Å². The number of urea groups is 1. The molecule has 0 aliphatic rings. The van der Waals surface area contributed by atoms with Crippen LogP contribution >= 0.6 is 23.4 Å². The molecule has 0 atom stereocenters. The summed E-state index contributed by atoms with van der Waals surface area (Å²) in [5.74, 6) is 0. The van der Waals surface area contributed by atoms with E-state index < -0.39 is 0 Å². The predicted molar refractivity (Wildman–Crippen MR) is 83.3 cm³/mol. The van der Waals surface area contributed by atoms with E-state index in [9.17, 15) is 4.79 Å². The monoisotopic (exact) mass is 307 g/mol. The fraction of sp³-hybridized carbons (Fsp3) is 0.143. The highest BCUT2D eigenvalue weighted by Crippen LogP contribution is 2.28. The quantitative estimate of drug-likeness (QED) is 0.845. The van der Waals surface area contributed by atoms with Gasteiger partial charge in [-0.2, -0.15) is 0 Å². The zero-order valence-corrected chi connectivity index (χ0v) is 12.5. The fourth-order valence-corrected chi connectivity index (χ4v) is 2.32. The molecule has 0 aliphatic carbocycles. The summed E-state index contributed by atoms with van der Waals surface area (Å²) >= 11 is 7.49. The van der Waals surface area contributed by atoms with Gasteiger partial charge in [0.2, 0.25) is 0 Å². The third-order valence-electron chi connectivity index (χ3n) is 2.57. The van der Waals surface area contributed by atoms with Crippen LogP contribution in [0.25, 0.3) is 0 Å². The summed E-state index contributed by atoms with van der Waals surface area (Å²) in [5.41, 5.74) is 1.50. The molecule has 0 aliphatic heterocycles. The molecule has 1 aromatic carbocycles. The molecule has 2 aromatic rings. The molecule has 2 rings (SSSR count). The van der Waals surface area contributed by atoms with Gasteiger partial charge in [-0.05, 0) is 36.6 Å². The number of pyridine rings is 1. The molecule has 0 saturated carbocycles. The van der Waals surface area contributed by atoms with Crippen molar-refractivity contribution in [1.29, 1.82) is 0 Å². The number of hydrogen-bond donors (Lipinski definition) is 2. The molecular weight excluding hydrogens is 294 g/mol. The minimum absolute atomic E-state index is 0.284. The molecule has 6 heteroatoms. The van der Waals surface area contributed by atoms with E-state index in [2.05, 4.69) is 15.6 Å². The maximum absolute atomic E-state index is 11.9. The Morgan fingerprint density at radius 3 is 2.90 bits per heavy atom. The van der Waals surface area contributed by atoms with E-state index in [1.54, 1.807) is 30.1 Å². The van der Waals surface area contributed by atoms with Gasteiger partial charge in [0.1, 0.15) is 0 Å². The van der Waals surface area contributed by atoms with Crippen LogP contribution in [0.4, 0.5) is 10.5 Å². The number of anilines is 1. The van der Waals surface area contributed by atoms with Crippen molar-refractivity contribution in [1.82, 2.24) is 10.3 Å². The number of rotatable bonds is 4. The smallest absolute Gasteiger partial charge is 0.319 e. The molecule has 0 unspecified atom stereocenters. The largest absolute Gasteiger partial charge is 0.332 e. The number of nitrogens with one attached hydrogen (secondary N) is 2. The van der Waals surface area contributed by atoms with Gasteiger partial charge < -0.3 is 10.6 Å². The van der Waals surface area contributed by atoms with Gasteiger partial charge in [-0.3, -0.25) is 4.98 Å². The van der Waals surface area contributed by atoms with Crippen LogP contribution in [-0.4, -0.2) is 17.3 Å². The molecule has 4 nitrogen and oxygen atoms in total. The van der Waals surface area contributed by atoms with Crippen LogP contribution < -0.4 is 10.6 Å². The normalized spacial score (nSPS) is 10.1. The maximum Gasteiger partial charge on any atom is 0.319 e. The molecule has 0 bridgehead atoms. The Bertz CT molecular complexity index is 592. The number of nitrogens with zero attached hydrogens (tertiary/aromatic N) is 1. The summed E-state index contributed by atoms with van der Waals surface area (Å²) in [5, 5.41) is 6.13. The van der Waals surface area contributed by atoms with E-state index in [0.29, 0.717) is 17.3 Å². The molecule has 2 N–H and O–H groups in total. The maximum atomic E-state index is 11.9. The van der Waals surface area contributed by atoms with E-state index in [1.165, 1.54) is 0 Å². The van der Waals surface area contributed by atoms with Crippen LogP contribution in [0.15, 0.2) is 47.5 Å². The lowest BCUT2D eigenvalue weighted by atomic mass is 10.3. The van der Waals surface area contributed by atoms with Crippen molar-refractivity contribution < 1.29 is 4.79 Å². The third kappa shape index (κ3) is 4.15. The van der Waals surface area contributed by atoms with E-state index in [4.69, 9.17) is 11.6 Å². The second-order valence-electron chi connectivity index (χ2n) is 3.97. The first-order valence-corrected chi connectivity index (χ1v) is 7.57. The van der Waals surface area contributed by atoms with E-state index in [1.807, 2.05) is 30.5 Å². The minimum atomic E-state index is -0.284. The van der Waals surface area contributed by atoms with Crippen LogP contribution in [0.1, 0.15) is 5.69 Å². The third-order valence-corrected chi connectivity index (χ3v) is 3.60. The van der Waals surface area contributed by atoms with E-state index in [-0.39, 0.29) is 6.03 Å². The van der Waals surface area contributed by atoms with E-state index in [0.717, 1.165) is 10.6 Å². The van der Waals surface area contributed by atoms with Gasteiger partial charge >= 0.3 is 6.03 Å². The number of amides is 2. The first-order valence-electron chi connectivity index (χ1n) is 5.97. The number of thioether (sulfide) groups is 1. The molecule has 1 heterocycles. The molecule has 1 aromatic heterocycles. The average molecular weight is 308 g/mol. The summed E-state index contributed by atoms with van der Waals surface area (Å²) < 4.78 is 0. The van der Waals surface area contributed by atoms with Gasteiger partial charge in [0.05, 0.1) is 17.9 Å². The van der Waals surface area contributed by atoms with Gasteiger partial charge in [0, 0.05) is 16.1 Å². The number of aromatic nitrogens is 1. The number of carbonyl (C=O) groups excluding carboxylic acids is 1. The SMILES string of the molecule is CSc1ccc(Cl)cc1NC(=O)NCc1ccccn1. The molecule has 0 fully saturated rings. The van der Waals surface area contributed by atoms with Gasteiger partial charge in [-0.25, -0.2) is 4.79 Å². The molecule has 0 radical (unpaired) electrons.